The molecular formula is C15H18N4O3. The topological polar surface area (TPSA) is 85.4 Å². The molecule has 1 amide bonds. The van der Waals surface area contributed by atoms with E-state index in [1.54, 1.807) is 44.6 Å². The van der Waals surface area contributed by atoms with E-state index in [-0.39, 0.29) is 11.6 Å². The number of anilines is 2. The van der Waals surface area contributed by atoms with Gasteiger partial charge in [0.2, 0.25) is 0 Å². The van der Waals surface area contributed by atoms with Crippen molar-refractivity contribution in [1.29, 1.82) is 0 Å². The van der Waals surface area contributed by atoms with Crippen molar-refractivity contribution < 1.29 is 14.3 Å². The molecule has 0 unspecified atom stereocenters. The highest BCUT2D eigenvalue weighted by Crippen LogP contribution is 2.17. The highest BCUT2D eigenvalue weighted by molar-refractivity contribution is 6.03. The Morgan fingerprint density at radius 1 is 1.23 bits per heavy atom. The van der Waals surface area contributed by atoms with Crippen LogP contribution in [0, 0.1) is 0 Å². The number of nitrogens with one attached hydrogen (secondary N) is 2. The van der Waals surface area contributed by atoms with E-state index in [1.807, 2.05) is 0 Å². The van der Waals surface area contributed by atoms with Gasteiger partial charge >= 0.3 is 0 Å². The molecule has 2 rings (SSSR count). The molecule has 1 heterocycles. The fraction of sp³-hybridized carbons (Fsp3) is 0.267. The number of benzene rings is 1. The number of methoxy groups -OCH3 is 2. The van der Waals surface area contributed by atoms with E-state index < -0.39 is 0 Å². The molecule has 2 N–H and O–H groups in total. The molecule has 0 saturated heterocycles. The number of hydrogen-bond donors (Lipinski definition) is 2. The van der Waals surface area contributed by atoms with Crippen LogP contribution >= 0.6 is 0 Å². The van der Waals surface area contributed by atoms with Crippen molar-refractivity contribution >= 4 is 17.4 Å². The van der Waals surface area contributed by atoms with E-state index in [0.717, 1.165) is 0 Å². The van der Waals surface area contributed by atoms with Crippen molar-refractivity contribution in [1.82, 2.24) is 9.97 Å². The molecule has 2 aromatic rings. The normalized spacial score (nSPS) is 10.1. The monoisotopic (exact) mass is 302 g/mol. The maximum atomic E-state index is 12.2. The van der Waals surface area contributed by atoms with E-state index in [0.29, 0.717) is 30.4 Å². The van der Waals surface area contributed by atoms with Crippen LogP contribution in [0.2, 0.25) is 0 Å². The molecule has 1 aromatic heterocycles. The standard InChI is InChI=1S/C15H18N4O3/c1-21-7-6-16-14-9-13(17-10-18-14)15(20)19-11-4-3-5-12(8-11)22-2/h3-5,8-10H,6-7H2,1-2H3,(H,19,20)(H,16,17,18). The van der Waals surface area contributed by atoms with Gasteiger partial charge in [0, 0.05) is 31.5 Å². The minimum atomic E-state index is -0.314. The predicted molar refractivity (Wildman–Crippen MR) is 83.3 cm³/mol. The third-order valence-electron chi connectivity index (χ3n) is 2.84. The molecule has 0 atom stereocenters. The fourth-order valence-electron chi connectivity index (χ4n) is 1.76. The van der Waals surface area contributed by atoms with Gasteiger partial charge in [0.05, 0.1) is 13.7 Å². The third-order valence-corrected chi connectivity index (χ3v) is 2.84. The van der Waals surface area contributed by atoms with Crippen LogP contribution in [0.5, 0.6) is 5.75 Å². The van der Waals surface area contributed by atoms with Crippen LogP contribution in [0.15, 0.2) is 36.7 Å². The van der Waals surface area contributed by atoms with Crippen molar-refractivity contribution in [3.05, 3.63) is 42.4 Å². The zero-order valence-electron chi connectivity index (χ0n) is 12.5. The zero-order chi connectivity index (χ0) is 15.8. The quantitative estimate of drug-likeness (QED) is 0.759. The largest absolute Gasteiger partial charge is 0.497 e. The number of rotatable bonds is 7. The molecule has 116 valence electrons. The van der Waals surface area contributed by atoms with Crippen molar-refractivity contribution in [3.8, 4) is 5.75 Å². The third kappa shape index (κ3) is 4.42. The molecule has 0 radical (unpaired) electrons. The molecule has 0 bridgehead atoms. The van der Waals surface area contributed by atoms with Crippen molar-refractivity contribution in [2.75, 3.05) is 38.0 Å². The van der Waals surface area contributed by atoms with Gasteiger partial charge in [0.25, 0.3) is 5.91 Å². The minimum Gasteiger partial charge on any atom is -0.497 e. The summed E-state index contributed by atoms with van der Waals surface area (Å²) in [4.78, 5) is 20.2. The van der Waals surface area contributed by atoms with Gasteiger partial charge in [-0.2, -0.15) is 0 Å². The van der Waals surface area contributed by atoms with Gasteiger partial charge in [-0.1, -0.05) is 6.07 Å². The Kier molecular flexibility index (Phi) is 5.67. The van der Waals surface area contributed by atoms with Crippen molar-refractivity contribution in [2.45, 2.75) is 0 Å². The Morgan fingerprint density at radius 2 is 2.09 bits per heavy atom. The number of carbonyl (C=O) groups excluding carboxylic acids is 1. The molecule has 0 saturated carbocycles. The summed E-state index contributed by atoms with van der Waals surface area (Å²) in [6, 6.07) is 8.70. The van der Waals surface area contributed by atoms with Gasteiger partial charge < -0.3 is 20.1 Å². The molecule has 7 nitrogen and oxygen atoms in total. The number of ether oxygens (including phenoxy) is 2. The Balaban J connectivity index is 2.03. The molecule has 0 spiro atoms. The second-order valence-electron chi connectivity index (χ2n) is 4.39. The summed E-state index contributed by atoms with van der Waals surface area (Å²) in [5.74, 6) is 0.927. The molecular weight excluding hydrogens is 284 g/mol. The summed E-state index contributed by atoms with van der Waals surface area (Å²) >= 11 is 0. The van der Waals surface area contributed by atoms with Crippen LogP contribution in [-0.4, -0.2) is 43.2 Å². The van der Waals surface area contributed by atoms with E-state index in [4.69, 9.17) is 9.47 Å². The van der Waals surface area contributed by atoms with Gasteiger partial charge in [0.15, 0.2) is 0 Å². The molecule has 0 aliphatic heterocycles. The van der Waals surface area contributed by atoms with Crippen molar-refractivity contribution in [2.24, 2.45) is 0 Å². The van der Waals surface area contributed by atoms with Gasteiger partial charge in [-0.15, -0.1) is 0 Å². The van der Waals surface area contributed by atoms with E-state index in [1.165, 1.54) is 6.33 Å². The van der Waals surface area contributed by atoms with E-state index in [2.05, 4.69) is 20.6 Å². The van der Waals surface area contributed by atoms with Crippen LogP contribution in [0.3, 0.4) is 0 Å². The first kappa shape index (κ1) is 15.7. The van der Waals surface area contributed by atoms with Crippen molar-refractivity contribution in [3.63, 3.8) is 0 Å². The first-order chi connectivity index (χ1) is 10.7. The SMILES string of the molecule is COCCNc1cc(C(=O)Nc2cccc(OC)c2)ncn1. The van der Waals surface area contributed by atoms with Crippen LogP contribution in [0.4, 0.5) is 11.5 Å². The molecule has 1 aromatic carbocycles. The van der Waals surface area contributed by atoms with Gasteiger partial charge in [-0.3, -0.25) is 4.79 Å². The summed E-state index contributed by atoms with van der Waals surface area (Å²) < 4.78 is 10.1. The summed E-state index contributed by atoms with van der Waals surface area (Å²) in [5, 5.41) is 5.81. The van der Waals surface area contributed by atoms with Crippen LogP contribution in [0.25, 0.3) is 0 Å². The number of carbonyl (C=O) groups is 1. The summed E-state index contributed by atoms with van der Waals surface area (Å²) in [7, 11) is 3.19. The summed E-state index contributed by atoms with van der Waals surface area (Å²) in [5.41, 5.74) is 0.912. The fourth-order valence-corrected chi connectivity index (χ4v) is 1.76. The van der Waals surface area contributed by atoms with Crippen LogP contribution < -0.4 is 15.4 Å². The average molecular weight is 302 g/mol. The highest BCUT2D eigenvalue weighted by Gasteiger charge is 2.09. The summed E-state index contributed by atoms with van der Waals surface area (Å²) in [6.07, 6.45) is 1.34. The Hall–Kier alpha value is -2.67. The molecule has 0 aliphatic rings. The lowest BCUT2D eigenvalue weighted by Gasteiger charge is -2.08. The molecule has 22 heavy (non-hydrogen) atoms. The van der Waals surface area contributed by atoms with Gasteiger partial charge in [-0.25, -0.2) is 9.97 Å². The number of hydrogen-bond acceptors (Lipinski definition) is 6. The average Bonchev–Trinajstić information content (AvgIpc) is 2.55. The lowest BCUT2D eigenvalue weighted by Crippen LogP contribution is -2.15. The first-order valence-electron chi connectivity index (χ1n) is 6.73. The summed E-state index contributed by atoms with van der Waals surface area (Å²) in [6.45, 7) is 1.15. The maximum Gasteiger partial charge on any atom is 0.274 e. The number of amides is 1. The molecule has 7 heteroatoms. The molecule has 0 aliphatic carbocycles. The Morgan fingerprint density at radius 3 is 2.86 bits per heavy atom. The second-order valence-corrected chi connectivity index (χ2v) is 4.39. The van der Waals surface area contributed by atoms with Gasteiger partial charge in [0.1, 0.15) is 23.6 Å². The predicted octanol–water partition coefficient (Wildman–Crippen LogP) is 1.80. The molecule has 0 fully saturated rings. The Bertz CT molecular complexity index is 634. The minimum absolute atomic E-state index is 0.276. The lowest BCUT2D eigenvalue weighted by molar-refractivity contribution is 0.102. The van der Waals surface area contributed by atoms with E-state index in [9.17, 15) is 4.79 Å². The highest BCUT2D eigenvalue weighted by atomic mass is 16.5. The number of aromatic nitrogens is 2. The second kappa shape index (κ2) is 7.94. The lowest BCUT2D eigenvalue weighted by atomic mass is 10.3. The number of nitrogens with zero attached hydrogens (tertiary/aromatic N) is 2. The first-order valence-corrected chi connectivity index (χ1v) is 6.73. The zero-order valence-corrected chi connectivity index (χ0v) is 12.5. The van der Waals surface area contributed by atoms with Gasteiger partial charge in [-0.05, 0) is 12.1 Å². The maximum absolute atomic E-state index is 12.2. The smallest absolute Gasteiger partial charge is 0.274 e. The Labute approximate surface area is 128 Å². The van der Waals surface area contributed by atoms with Crippen LogP contribution in [-0.2, 0) is 4.74 Å². The van der Waals surface area contributed by atoms with E-state index >= 15 is 0 Å². The van der Waals surface area contributed by atoms with Crippen LogP contribution in [0.1, 0.15) is 10.5 Å².